The molecule has 26 heavy (non-hydrogen) atoms. The minimum absolute atomic E-state index is 0.0437. The highest BCUT2D eigenvalue weighted by atomic mass is 79.9. The molecule has 0 bridgehead atoms. The highest BCUT2D eigenvalue weighted by Gasteiger charge is 2.14. The summed E-state index contributed by atoms with van der Waals surface area (Å²) in [4.78, 5) is 8.76. The molecule has 0 unspecified atom stereocenters. The Morgan fingerprint density at radius 2 is 2.15 bits per heavy atom. The van der Waals surface area contributed by atoms with E-state index in [0.29, 0.717) is 23.9 Å². The molecule has 1 atom stereocenters. The number of pyridine rings is 1. The molecular formula is C18H23BrN6O. The number of nitrogens with one attached hydrogen (secondary N) is 2. The number of anilines is 2. The van der Waals surface area contributed by atoms with E-state index in [1.807, 2.05) is 24.4 Å². The summed E-state index contributed by atoms with van der Waals surface area (Å²) in [6.07, 6.45) is 6.17. The van der Waals surface area contributed by atoms with Crippen LogP contribution in [0.15, 0.2) is 41.3 Å². The number of nitrogens with zero attached hydrogens (tertiary/aromatic N) is 4. The van der Waals surface area contributed by atoms with Gasteiger partial charge in [-0.2, -0.15) is 9.61 Å². The van der Waals surface area contributed by atoms with Gasteiger partial charge in [0.25, 0.3) is 0 Å². The molecule has 0 aliphatic rings. The van der Waals surface area contributed by atoms with E-state index in [4.69, 9.17) is 0 Å². The summed E-state index contributed by atoms with van der Waals surface area (Å²) in [5, 5.41) is 20.7. The molecule has 3 heterocycles. The fourth-order valence-corrected chi connectivity index (χ4v) is 3.14. The second-order valence-corrected chi connectivity index (χ2v) is 7.48. The number of hydrogen-bond donors (Lipinski definition) is 3. The number of aromatic nitrogens is 4. The Hall–Kier alpha value is -2.19. The first-order valence-corrected chi connectivity index (χ1v) is 9.40. The summed E-state index contributed by atoms with van der Waals surface area (Å²) in [5.74, 6) is 1.99. The van der Waals surface area contributed by atoms with Crippen molar-refractivity contribution < 1.29 is 5.11 Å². The van der Waals surface area contributed by atoms with Crippen molar-refractivity contribution in [1.82, 2.24) is 19.6 Å². The zero-order valence-corrected chi connectivity index (χ0v) is 16.4. The van der Waals surface area contributed by atoms with Gasteiger partial charge in [-0.25, -0.2) is 4.98 Å². The molecule has 0 spiro atoms. The molecule has 0 saturated carbocycles. The maximum atomic E-state index is 9.65. The summed E-state index contributed by atoms with van der Waals surface area (Å²) in [6, 6.07) is 5.79. The van der Waals surface area contributed by atoms with Gasteiger partial charge < -0.3 is 15.7 Å². The lowest BCUT2D eigenvalue weighted by Gasteiger charge is -2.19. The standard InChI is InChI=1S/C18H23BrN6O/c1-12(2)6-14(11-26)23-16-7-17(21-9-13-4-3-5-20-8-13)25-18(24-16)15(19)10-22-25/h3-5,7-8,10,12,14,21,26H,6,9,11H2,1-2H3,(H,23,24)/t14-/m1/s1. The van der Waals surface area contributed by atoms with Crippen molar-refractivity contribution in [2.75, 3.05) is 17.2 Å². The molecule has 0 amide bonds. The second-order valence-electron chi connectivity index (χ2n) is 6.62. The van der Waals surface area contributed by atoms with E-state index in [-0.39, 0.29) is 12.6 Å². The highest BCUT2D eigenvalue weighted by molar-refractivity contribution is 9.10. The van der Waals surface area contributed by atoms with E-state index in [1.165, 1.54) is 0 Å². The van der Waals surface area contributed by atoms with Gasteiger partial charge in [-0.15, -0.1) is 0 Å². The van der Waals surface area contributed by atoms with Crippen LogP contribution in [0.3, 0.4) is 0 Å². The van der Waals surface area contributed by atoms with Crippen molar-refractivity contribution >= 4 is 33.2 Å². The first kappa shape index (κ1) is 18.6. The quantitative estimate of drug-likeness (QED) is 0.519. The first-order chi connectivity index (χ1) is 12.6. The minimum atomic E-state index is -0.0437. The Morgan fingerprint density at radius 3 is 2.85 bits per heavy atom. The van der Waals surface area contributed by atoms with Gasteiger partial charge in [0, 0.05) is 25.0 Å². The van der Waals surface area contributed by atoms with E-state index >= 15 is 0 Å². The topological polar surface area (TPSA) is 87.4 Å². The van der Waals surface area contributed by atoms with Crippen LogP contribution in [0, 0.1) is 5.92 Å². The largest absolute Gasteiger partial charge is 0.394 e. The third-order valence-electron chi connectivity index (χ3n) is 3.95. The normalized spacial score (nSPS) is 12.5. The summed E-state index contributed by atoms with van der Waals surface area (Å²) in [5.41, 5.74) is 1.79. The molecule has 3 aromatic rings. The lowest BCUT2D eigenvalue weighted by molar-refractivity contribution is 0.259. The maximum absolute atomic E-state index is 9.65. The number of aliphatic hydroxyl groups is 1. The third kappa shape index (κ3) is 4.50. The fourth-order valence-electron chi connectivity index (χ4n) is 2.79. The lowest BCUT2D eigenvalue weighted by atomic mass is 10.0. The van der Waals surface area contributed by atoms with Crippen molar-refractivity contribution in [1.29, 1.82) is 0 Å². The van der Waals surface area contributed by atoms with Crippen LogP contribution in [-0.4, -0.2) is 37.3 Å². The molecule has 0 aromatic carbocycles. The van der Waals surface area contributed by atoms with Crippen molar-refractivity contribution in [3.8, 4) is 0 Å². The molecule has 3 rings (SSSR count). The van der Waals surface area contributed by atoms with Crippen LogP contribution >= 0.6 is 15.9 Å². The van der Waals surface area contributed by atoms with Crippen LogP contribution < -0.4 is 10.6 Å². The van der Waals surface area contributed by atoms with E-state index in [0.717, 1.165) is 22.3 Å². The third-order valence-corrected chi connectivity index (χ3v) is 4.51. The lowest BCUT2D eigenvalue weighted by Crippen LogP contribution is -2.26. The van der Waals surface area contributed by atoms with E-state index < -0.39 is 0 Å². The predicted molar refractivity (Wildman–Crippen MR) is 106 cm³/mol. The molecule has 0 aliphatic heterocycles. The molecule has 0 fully saturated rings. The zero-order valence-electron chi connectivity index (χ0n) is 14.9. The van der Waals surface area contributed by atoms with Gasteiger partial charge in [-0.3, -0.25) is 4.98 Å². The first-order valence-electron chi connectivity index (χ1n) is 8.61. The fraction of sp³-hybridized carbons (Fsp3) is 0.389. The number of rotatable bonds is 8. The van der Waals surface area contributed by atoms with Crippen LogP contribution in [0.5, 0.6) is 0 Å². The summed E-state index contributed by atoms with van der Waals surface area (Å²) in [6.45, 7) is 4.95. The van der Waals surface area contributed by atoms with Gasteiger partial charge in [0.2, 0.25) is 0 Å². The van der Waals surface area contributed by atoms with Gasteiger partial charge in [0.15, 0.2) is 5.65 Å². The number of halogens is 1. The van der Waals surface area contributed by atoms with Crippen LogP contribution in [0.25, 0.3) is 5.65 Å². The SMILES string of the molecule is CC(C)C[C@H](CO)Nc1cc(NCc2cccnc2)n2ncc(Br)c2n1. The van der Waals surface area contributed by atoms with Gasteiger partial charge in [0.1, 0.15) is 11.6 Å². The van der Waals surface area contributed by atoms with Gasteiger partial charge in [-0.1, -0.05) is 19.9 Å². The minimum Gasteiger partial charge on any atom is -0.394 e. The van der Waals surface area contributed by atoms with Gasteiger partial charge >= 0.3 is 0 Å². The highest BCUT2D eigenvalue weighted by Crippen LogP contribution is 2.23. The summed E-state index contributed by atoms with van der Waals surface area (Å²) in [7, 11) is 0. The molecule has 3 N–H and O–H groups in total. The Kier molecular flexibility index (Phi) is 6.05. The Morgan fingerprint density at radius 1 is 1.31 bits per heavy atom. The second kappa shape index (κ2) is 8.46. The molecule has 0 aliphatic carbocycles. The molecule has 0 radical (unpaired) electrons. The van der Waals surface area contributed by atoms with E-state index in [2.05, 4.69) is 55.5 Å². The molecule has 8 heteroatoms. The van der Waals surface area contributed by atoms with Crippen molar-refractivity contribution in [2.24, 2.45) is 5.92 Å². The van der Waals surface area contributed by atoms with Crippen molar-refractivity contribution in [2.45, 2.75) is 32.9 Å². The molecular weight excluding hydrogens is 396 g/mol. The number of hydrogen-bond acceptors (Lipinski definition) is 6. The number of aliphatic hydroxyl groups excluding tert-OH is 1. The smallest absolute Gasteiger partial charge is 0.173 e. The predicted octanol–water partition coefficient (Wildman–Crippen LogP) is 3.32. The maximum Gasteiger partial charge on any atom is 0.173 e. The van der Waals surface area contributed by atoms with E-state index in [9.17, 15) is 5.11 Å². The van der Waals surface area contributed by atoms with Crippen LogP contribution in [0.4, 0.5) is 11.6 Å². The van der Waals surface area contributed by atoms with Gasteiger partial charge in [0.05, 0.1) is 23.3 Å². The molecule has 0 saturated heterocycles. The van der Waals surface area contributed by atoms with Crippen LogP contribution in [0.2, 0.25) is 0 Å². The van der Waals surface area contributed by atoms with E-state index in [1.54, 1.807) is 16.9 Å². The molecule has 7 nitrogen and oxygen atoms in total. The zero-order chi connectivity index (χ0) is 18.5. The summed E-state index contributed by atoms with van der Waals surface area (Å²) < 4.78 is 2.57. The molecule has 138 valence electrons. The Bertz CT molecular complexity index is 852. The monoisotopic (exact) mass is 418 g/mol. The van der Waals surface area contributed by atoms with Crippen molar-refractivity contribution in [3.63, 3.8) is 0 Å². The van der Waals surface area contributed by atoms with Gasteiger partial charge in [-0.05, 0) is 39.9 Å². The average molecular weight is 419 g/mol. The Labute approximate surface area is 161 Å². The Balaban J connectivity index is 1.86. The van der Waals surface area contributed by atoms with Crippen LogP contribution in [-0.2, 0) is 6.54 Å². The van der Waals surface area contributed by atoms with Crippen LogP contribution in [0.1, 0.15) is 25.8 Å². The average Bonchev–Trinajstić information content (AvgIpc) is 3.01. The molecule has 3 aromatic heterocycles. The number of fused-ring (bicyclic) bond motifs is 1. The van der Waals surface area contributed by atoms with Crippen molar-refractivity contribution in [3.05, 3.63) is 46.8 Å². The summed E-state index contributed by atoms with van der Waals surface area (Å²) >= 11 is 3.49.